The van der Waals surface area contributed by atoms with E-state index in [1.165, 1.54) is 0 Å². The minimum Gasteiger partial charge on any atom is -0.321 e. The second-order valence-corrected chi connectivity index (χ2v) is 12.1. The first-order valence-electron chi connectivity index (χ1n) is 12.2. The van der Waals surface area contributed by atoms with Crippen molar-refractivity contribution in [2.75, 3.05) is 19.3 Å². The lowest BCUT2D eigenvalue weighted by atomic mass is 9.84. The number of rotatable bonds is 8. The number of nitrogens with two attached hydrogens (primary N) is 1. The van der Waals surface area contributed by atoms with Gasteiger partial charge in [-0.25, -0.2) is 17.2 Å². The third kappa shape index (κ3) is 5.80. The maximum absolute atomic E-state index is 13.9. The first-order chi connectivity index (χ1) is 17.4. The van der Waals surface area contributed by atoms with Crippen LogP contribution in [0, 0.1) is 11.6 Å². The smallest absolute Gasteiger partial charge is 0.176 e. The highest BCUT2D eigenvalue weighted by molar-refractivity contribution is 8.00. The Morgan fingerprint density at radius 3 is 1.89 bits per heavy atom. The Balaban J connectivity index is 1.73. The fraction of sp³-hybridized carbons (Fsp3) is 0.310. The number of hydrogen-bond donors (Lipinski definition) is 1. The molecular weight excluding hydrogens is 514 g/mol. The largest absolute Gasteiger partial charge is 0.321 e. The Bertz CT molecular complexity index is 1390. The fourth-order valence-electron chi connectivity index (χ4n) is 5.05. The van der Waals surface area contributed by atoms with E-state index < -0.39 is 27.0 Å². The standard InChI is InChI=1S/C29H31ClF2N2O2S/c1-4-29(33,5-2)23-10-6-19(7-11-23)27(20-8-12-24(30)13-9-20)34-17-22(18-34)28(37(3,35)36)21-14-25(31)16-26(32)15-21/h6-16,27H,4-5,17-18,33H2,1-3H3/t27-/m0/s1. The molecule has 37 heavy (non-hydrogen) atoms. The van der Waals surface area contributed by atoms with Crippen molar-refractivity contribution >= 4 is 26.3 Å². The number of hydrogen-bond acceptors (Lipinski definition) is 4. The molecular formula is C29H31ClF2N2O2S. The van der Waals surface area contributed by atoms with E-state index in [0.29, 0.717) is 23.7 Å². The van der Waals surface area contributed by atoms with Gasteiger partial charge in [-0.15, -0.1) is 0 Å². The molecule has 8 heteroatoms. The van der Waals surface area contributed by atoms with Gasteiger partial charge in [-0.3, -0.25) is 4.90 Å². The molecule has 4 nitrogen and oxygen atoms in total. The monoisotopic (exact) mass is 544 g/mol. The van der Waals surface area contributed by atoms with Crippen molar-refractivity contribution in [3.8, 4) is 0 Å². The van der Waals surface area contributed by atoms with E-state index >= 15 is 0 Å². The lowest BCUT2D eigenvalue weighted by Gasteiger charge is -2.42. The molecule has 1 atom stereocenters. The Morgan fingerprint density at radius 2 is 1.43 bits per heavy atom. The summed E-state index contributed by atoms with van der Waals surface area (Å²) >= 11 is 6.14. The zero-order valence-corrected chi connectivity index (χ0v) is 22.7. The molecule has 0 spiro atoms. The van der Waals surface area contributed by atoms with Crippen LogP contribution >= 0.6 is 11.6 Å². The average Bonchev–Trinajstić information content (AvgIpc) is 2.82. The summed E-state index contributed by atoms with van der Waals surface area (Å²) in [6, 6.07) is 18.5. The van der Waals surface area contributed by atoms with Crippen molar-refractivity contribution in [3.63, 3.8) is 0 Å². The number of benzene rings is 3. The van der Waals surface area contributed by atoms with Gasteiger partial charge in [0.15, 0.2) is 9.84 Å². The summed E-state index contributed by atoms with van der Waals surface area (Å²) in [5.41, 5.74) is 9.93. The zero-order chi connectivity index (χ0) is 27.0. The van der Waals surface area contributed by atoms with E-state index in [1.54, 1.807) is 0 Å². The van der Waals surface area contributed by atoms with E-state index in [2.05, 4.69) is 43.0 Å². The third-order valence-electron chi connectivity index (χ3n) is 7.22. The van der Waals surface area contributed by atoms with Gasteiger partial charge < -0.3 is 5.73 Å². The second kappa shape index (κ2) is 10.7. The number of nitrogens with zero attached hydrogens (tertiary/aromatic N) is 1. The number of likely N-dealkylation sites (tertiary alicyclic amines) is 1. The minimum absolute atomic E-state index is 0.0221. The lowest BCUT2D eigenvalue weighted by molar-refractivity contribution is 0.203. The van der Waals surface area contributed by atoms with E-state index in [0.717, 1.165) is 54.0 Å². The van der Waals surface area contributed by atoms with Crippen molar-refractivity contribution < 1.29 is 17.2 Å². The summed E-state index contributed by atoms with van der Waals surface area (Å²) < 4.78 is 53.2. The van der Waals surface area contributed by atoms with Crippen LogP contribution < -0.4 is 5.73 Å². The Hall–Kier alpha value is -2.58. The van der Waals surface area contributed by atoms with Crippen LogP contribution in [0.15, 0.2) is 72.3 Å². The molecule has 4 rings (SSSR count). The molecule has 1 aliphatic heterocycles. The van der Waals surface area contributed by atoms with Gasteiger partial charge in [-0.05, 0) is 64.9 Å². The predicted octanol–water partition coefficient (Wildman–Crippen LogP) is 6.45. The summed E-state index contributed by atoms with van der Waals surface area (Å²) in [5, 5.41) is 0.619. The predicted molar refractivity (Wildman–Crippen MR) is 146 cm³/mol. The Morgan fingerprint density at radius 1 is 0.946 bits per heavy atom. The summed E-state index contributed by atoms with van der Waals surface area (Å²) in [6.45, 7) is 4.82. The van der Waals surface area contributed by atoms with E-state index in [-0.39, 0.29) is 16.5 Å². The van der Waals surface area contributed by atoms with E-state index in [9.17, 15) is 17.2 Å². The molecule has 0 aliphatic carbocycles. The van der Waals surface area contributed by atoms with Crippen LogP contribution in [-0.4, -0.2) is 32.7 Å². The highest BCUT2D eigenvalue weighted by atomic mass is 35.5. The van der Waals surface area contributed by atoms with Gasteiger partial charge in [-0.1, -0.05) is 61.8 Å². The van der Waals surface area contributed by atoms with Crippen molar-refractivity contribution in [1.29, 1.82) is 0 Å². The van der Waals surface area contributed by atoms with Crippen molar-refractivity contribution in [2.45, 2.75) is 38.3 Å². The molecule has 196 valence electrons. The van der Waals surface area contributed by atoms with E-state index in [4.69, 9.17) is 17.3 Å². The SMILES string of the molecule is CCC(N)(CC)c1ccc([C@@H](c2ccc(Cl)cc2)N2CC(=C(c3cc(F)cc(F)c3)S(C)(=O)=O)C2)cc1. The molecule has 0 unspecified atom stereocenters. The average molecular weight is 545 g/mol. The zero-order valence-electron chi connectivity index (χ0n) is 21.1. The van der Waals surface area contributed by atoms with Gasteiger partial charge in [-0.2, -0.15) is 0 Å². The highest BCUT2D eigenvalue weighted by Gasteiger charge is 2.35. The Kier molecular flexibility index (Phi) is 7.91. The Labute approximate surface area is 222 Å². The van der Waals surface area contributed by atoms with Crippen molar-refractivity contribution in [1.82, 2.24) is 4.90 Å². The molecule has 2 N–H and O–H groups in total. The molecule has 0 bridgehead atoms. The van der Waals surface area contributed by atoms with Gasteiger partial charge in [0.1, 0.15) is 11.6 Å². The summed E-state index contributed by atoms with van der Waals surface area (Å²) in [7, 11) is -3.74. The molecule has 0 saturated carbocycles. The number of sulfone groups is 1. The quantitative estimate of drug-likeness (QED) is 0.354. The van der Waals surface area contributed by atoms with Crippen LogP contribution in [-0.2, 0) is 15.4 Å². The van der Waals surface area contributed by atoms with Gasteiger partial charge in [0.2, 0.25) is 0 Å². The van der Waals surface area contributed by atoms with Crippen LogP contribution in [0.25, 0.3) is 4.91 Å². The minimum atomic E-state index is -3.74. The summed E-state index contributed by atoms with van der Waals surface area (Å²) in [6.07, 6.45) is 2.70. The van der Waals surface area contributed by atoms with Gasteiger partial charge in [0, 0.05) is 36.0 Å². The molecule has 3 aromatic carbocycles. The molecule has 3 aromatic rings. The molecule has 1 aliphatic rings. The van der Waals surface area contributed by atoms with Crippen LogP contribution in [0.1, 0.15) is 55.0 Å². The second-order valence-electron chi connectivity index (χ2n) is 9.71. The van der Waals surface area contributed by atoms with Crippen LogP contribution in [0.4, 0.5) is 8.78 Å². The maximum atomic E-state index is 13.9. The first-order valence-corrected chi connectivity index (χ1v) is 14.5. The van der Waals surface area contributed by atoms with Crippen LogP contribution in [0.5, 0.6) is 0 Å². The maximum Gasteiger partial charge on any atom is 0.176 e. The fourth-order valence-corrected chi connectivity index (χ4v) is 6.38. The van der Waals surface area contributed by atoms with Gasteiger partial charge in [0.25, 0.3) is 0 Å². The van der Waals surface area contributed by atoms with Crippen LogP contribution in [0.2, 0.25) is 5.02 Å². The van der Waals surface area contributed by atoms with Crippen molar-refractivity contribution in [3.05, 3.63) is 111 Å². The summed E-state index contributed by atoms with van der Waals surface area (Å²) in [4.78, 5) is 2.11. The third-order valence-corrected chi connectivity index (χ3v) is 8.74. The lowest BCUT2D eigenvalue weighted by Crippen LogP contribution is -2.44. The molecule has 1 saturated heterocycles. The highest BCUT2D eigenvalue weighted by Crippen LogP contribution is 2.39. The molecule has 0 radical (unpaired) electrons. The van der Waals surface area contributed by atoms with Gasteiger partial charge >= 0.3 is 0 Å². The molecule has 0 aromatic heterocycles. The summed E-state index contributed by atoms with van der Waals surface area (Å²) in [5.74, 6) is -1.63. The molecule has 1 fully saturated rings. The number of halogens is 3. The van der Waals surface area contributed by atoms with Crippen LogP contribution in [0.3, 0.4) is 0 Å². The van der Waals surface area contributed by atoms with Crippen molar-refractivity contribution in [2.24, 2.45) is 5.73 Å². The first kappa shape index (κ1) is 27.5. The normalized spacial score (nSPS) is 15.4. The van der Waals surface area contributed by atoms with Gasteiger partial charge in [0.05, 0.1) is 10.9 Å². The topological polar surface area (TPSA) is 63.4 Å². The molecule has 0 amide bonds. The molecule has 1 heterocycles. The van der Waals surface area contributed by atoms with E-state index in [1.807, 2.05) is 24.3 Å².